The highest BCUT2D eigenvalue weighted by molar-refractivity contribution is 9.10. The second-order valence-corrected chi connectivity index (χ2v) is 5.80. The van der Waals surface area contributed by atoms with Crippen LogP contribution in [-0.2, 0) is 6.54 Å². The number of hydrogen-bond donors (Lipinski definition) is 1. The zero-order chi connectivity index (χ0) is 10.7. The molecule has 15 heavy (non-hydrogen) atoms. The quantitative estimate of drug-likeness (QED) is 0.903. The molecule has 0 bridgehead atoms. The molecule has 0 radical (unpaired) electrons. The molecule has 0 aliphatic carbocycles. The van der Waals surface area contributed by atoms with Crippen LogP contribution < -0.4 is 5.32 Å². The first kappa shape index (κ1) is 11.0. The summed E-state index contributed by atoms with van der Waals surface area (Å²) in [7, 11) is 0. The highest BCUT2D eigenvalue weighted by atomic mass is 79.9. The second-order valence-electron chi connectivity index (χ2n) is 3.52. The molecule has 1 aromatic carbocycles. The normalized spacial score (nSPS) is 20.1. The lowest BCUT2D eigenvalue weighted by molar-refractivity contribution is 0.909. The van der Waals surface area contributed by atoms with Crippen LogP contribution >= 0.6 is 27.7 Å². The Labute approximate surface area is 103 Å². The van der Waals surface area contributed by atoms with Crippen LogP contribution in [0.3, 0.4) is 0 Å². The molecule has 4 heteroatoms. The van der Waals surface area contributed by atoms with E-state index in [0.29, 0.717) is 5.25 Å². The number of halogens is 1. The summed E-state index contributed by atoms with van der Waals surface area (Å²) in [6.07, 6.45) is 0. The second kappa shape index (κ2) is 5.03. The maximum atomic E-state index is 4.41. The van der Waals surface area contributed by atoms with Crippen LogP contribution in [0.4, 0.5) is 0 Å². The Morgan fingerprint density at radius 3 is 3.00 bits per heavy atom. The number of benzene rings is 1. The van der Waals surface area contributed by atoms with Gasteiger partial charge in [0, 0.05) is 16.3 Å². The van der Waals surface area contributed by atoms with Crippen LogP contribution in [0.5, 0.6) is 0 Å². The minimum atomic E-state index is 0.617. The molecule has 80 valence electrons. The lowest BCUT2D eigenvalue weighted by Crippen LogP contribution is -2.18. The van der Waals surface area contributed by atoms with Gasteiger partial charge in [-0.15, -0.1) is 0 Å². The number of nitrogens with zero attached hydrogens (tertiary/aromatic N) is 1. The fourth-order valence-corrected chi connectivity index (χ4v) is 2.65. The summed E-state index contributed by atoms with van der Waals surface area (Å²) >= 11 is 5.35. The Morgan fingerprint density at radius 1 is 1.53 bits per heavy atom. The van der Waals surface area contributed by atoms with Gasteiger partial charge in [-0.25, -0.2) is 0 Å². The fraction of sp³-hybridized carbons (Fsp3) is 0.364. The monoisotopic (exact) mass is 284 g/mol. The smallest absolute Gasteiger partial charge is 0.157 e. The summed E-state index contributed by atoms with van der Waals surface area (Å²) in [6, 6.07) is 8.25. The van der Waals surface area contributed by atoms with E-state index in [9.17, 15) is 0 Å². The topological polar surface area (TPSA) is 24.4 Å². The summed E-state index contributed by atoms with van der Waals surface area (Å²) in [5.41, 5.74) is 1.26. The molecule has 1 unspecified atom stereocenters. The Balaban J connectivity index is 1.91. The van der Waals surface area contributed by atoms with Crippen LogP contribution in [0.15, 0.2) is 33.7 Å². The van der Waals surface area contributed by atoms with E-state index in [1.54, 1.807) is 0 Å². The number of hydrogen-bond acceptors (Lipinski definition) is 3. The van der Waals surface area contributed by atoms with Gasteiger partial charge in [0.15, 0.2) is 5.17 Å². The van der Waals surface area contributed by atoms with Gasteiger partial charge in [0.05, 0.1) is 6.54 Å². The predicted molar refractivity (Wildman–Crippen MR) is 70.3 cm³/mol. The summed E-state index contributed by atoms with van der Waals surface area (Å²) in [4.78, 5) is 4.41. The van der Waals surface area contributed by atoms with Gasteiger partial charge in [0.1, 0.15) is 0 Å². The number of thioether (sulfide) groups is 1. The van der Waals surface area contributed by atoms with E-state index in [0.717, 1.165) is 22.7 Å². The van der Waals surface area contributed by atoms with Crippen molar-refractivity contribution in [2.24, 2.45) is 4.99 Å². The SMILES string of the molecule is CC1CN=C(NCc2ccccc2Br)S1. The maximum Gasteiger partial charge on any atom is 0.157 e. The third kappa shape index (κ3) is 2.98. The molecule has 1 aliphatic rings. The minimum absolute atomic E-state index is 0.617. The van der Waals surface area contributed by atoms with Crippen molar-refractivity contribution in [3.63, 3.8) is 0 Å². The predicted octanol–water partition coefficient (Wildman–Crippen LogP) is 3.03. The fourth-order valence-electron chi connectivity index (χ4n) is 1.39. The number of rotatable bonds is 2. The standard InChI is InChI=1S/C11H13BrN2S/c1-8-6-13-11(15-8)14-7-9-4-2-3-5-10(9)12/h2-5,8H,6-7H2,1H3,(H,13,14). The third-order valence-corrected chi connectivity index (χ3v) is 4.01. The first-order chi connectivity index (χ1) is 7.25. The van der Waals surface area contributed by atoms with Gasteiger partial charge >= 0.3 is 0 Å². The molecule has 1 aromatic rings. The molecule has 0 saturated heterocycles. The van der Waals surface area contributed by atoms with Crippen LogP contribution in [0, 0.1) is 0 Å². The third-order valence-electron chi connectivity index (χ3n) is 2.19. The number of amidine groups is 1. The van der Waals surface area contributed by atoms with E-state index in [4.69, 9.17) is 0 Å². The lowest BCUT2D eigenvalue weighted by atomic mass is 10.2. The molecule has 2 nitrogen and oxygen atoms in total. The van der Waals surface area contributed by atoms with E-state index in [-0.39, 0.29) is 0 Å². The maximum absolute atomic E-state index is 4.41. The van der Waals surface area contributed by atoms with Gasteiger partial charge in [-0.1, -0.05) is 52.8 Å². The number of aliphatic imine (C=N–C) groups is 1. The van der Waals surface area contributed by atoms with Gasteiger partial charge in [-0.05, 0) is 11.6 Å². The van der Waals surface area contributed by atoms with Crippen molar-refractivity contribution in [1.29, 1.82) is 0 Å². The summed E-state index contributed by atoms with van der Waals surface area (Å²) in [6.45, 7) is 3.96. The van der Waals surface area contributed by atoms with Crippen molar-refractivity contribution in [2.75, 3.05) is 6.54 Å². The first-order valence-electron chi connectivity index (χ1n) is 4.94. The van der Waals surface area contributed by atoms with E-state index >= 15 is 0 Å². The Bertz CT molecular complexity index is 379. The molecular formula is C11H13BrN2S. The molecule has 0 aromatic heterocycles. The van der Waals surface area contributed by atoms with Crippen molar-refractivity contribution in [3.8, 4) is 0 Å². The number of nitrogens with one attached hydrogen (secondary N) is 1. The average Bonchev–Trinajstić information content (AvgIpc) is 2.63. The van der Waals surface area contributed by atoms with Gasteiger partial charge in [0.25, 0.3) is 0 Å². The first-order valence-corrected chi connectivity index (χ1v) is 6.61. The molecule has 0 saturated carbocycles. The Kier molecular flexibility index (Phi) is 3.70. The van der Waals surface area contributed by atoms with Crippen LogP contribution in [0.2, 0.25) is 0 Å². The van der Waals surface area contributed by atoms with Gasteiger partial charge < -0.3 is 5.32 Å². The largest absolute Gasteiger partial charge is 0.361 e. The van der Waals surface area contributed by atoms with E-state index in [1.165, 1.54) is 5.56 Å². The lowest BCUT2D eigenvalue weighted by Gasteiger charge is -2.07. The van der Waals surface area contributed by atoms with Gasteiger partial charge in [-0.3, -0.25) is 4.99 Å². The zero-order valence-electron chi connectivity index (χ0n) is 8.53. The van der Waals surface area contributed by atoms with Crippen molar-refractivity contribution < 1.29 is 0 Å². The van der Waals surface area contributed by atoms with Crippen LogP contribution in [0.1, 0.15) is 12.5 Å². The van der Waals surface area contributed by atoms with Gasteiger partial charge in [0.2, 0.25) is 0 Å². The van der Waals surface area contributed by atoms with E-state index < -0.39 is 0 Å². The van der Waals surface area contributed by atoms with E-state index in [2.05, 4.69) is 45.3 Å². The summed E-state index contributed by atoms with van der Waals surface area (Å²) in [5, 5.41) is 5.04. The molecular weight excluding hydrogens is 272 g/mol. The van der Waals surface area contributed by atoms with E-state index in [1.807, 2.05) is 23.9 Å². The molecule has 1 N–H and O–H groups in total. The highest BCUT2D eigenvalue weighted by Crippen LogP contribution is 2.20. The molecule has 0 spiro atoms. The Hall–Kier alpha value is -0.480. The molecule has 0 fully saturated rings. The molecule has 0 amide bonds. The molecule has 1 heterocycles. The van der Waals surface area contributed by atoms with Crippen molar-refractivity contribution in [2.45, 2.75) is 18.7 Å². The molecule has 1 aliphatic heterocycles. The summed E-state index contributed by atoms with van der Waals surface area (Å²) in [5.74, 6) is 0. The summed E-state index contributed by atoms with van der Waals surface area (Å²) < 4.78 is 1.15. The average molecular weight is 285 g/mol. The van der Waals surface area contributed by atoms with Crippen molar-refractivity contribution in [1.82, 2.24) is 5.32 Å². The van der Waals surface area contributed by atoms with Crippen molar-refractivity contribution >= 4 is 32.9 Å². The zero-order valence-corrected chi connectivity index (χ0v) is 10.9. The van der Waals surface area contributed by atoms with Gasteiger partial charge in [-0.2, -0.15) is 0 Å². The Morgan fingerprint density at radius 2 is 2.33 bits per heavy atom. The van der Waals surface area contributed by atoms with Crippen LogP contribution in [0.25, 0.3) is 0 Å². The van der Waals surface area contributed by atoms with Crippen LogP contribution in [-0.4, -0.2) is 17.0 Å². The molecule has 1 atom stereocenters. The highest BCUT2D eigenvalue weighted by Gasteiger charge is 2.14. The van der Waals surface area contributed by atoms with Crippen molar-refractivity contribution in [3.05, 3.63) is 34.3 Å². The molecule has 2 rings (SSSR count). The minimum Gasteiger partial charge on any atom is -0.361 e.